The third-order valence-electron chi connectivity index (χ3n) is 2.50. The Hall–Kier alpha value is -0.130. The summed E-state index contributed by atoms with van der Waals surface area (Å²) in [5, 5.41) is -0.585. The van der Waals surface area contributed by atoms with Crippen molar-refractivity contribution < 1.29 is 13.0 Å². The molecule has 1 saturated heterocycles. The third-order valence-corrected chi connectivity index (χ3v) is 3.73. The Morgan fingerprint density at radius 2 is 2.00 bits per heavy atom. The first-order valence-electron chi connectivity index (χ1n) is 4.65. The molecule has 1 rings (SSSR count). The van der Waals surface area contributed by atoms with Gasteiger partial charge in [0.25, 0.3) is 10.1 Å². The van der Waals surface area contributed by atoms with Gasteiger partial charge < -0.3 is 4.90 Å². The van der Waals surface area contributed by atoms with Crippen LogP contribution < -0.4 is 0 Å². The Kier molecular flexibility index (Phi) is 3.70. The minimum absolute atomic E-state index is 0.457. The highest BCUT2D eigenvalue weighted by atomic mass is 32.2. The Morgan fingerprint density at radius 1 is 1.31 bits per heavy atom. The van der Waals surface area contributed by atoms with Crippen LogP contribution in [0.25, 0.3) is 0 Å². The maximum Gasteiger partial charge on any atom is 0.269 e. The van der Waals surface area contributed by atoms with Gasteiger partial charge >= 0.3 is 0 Å². The minimum Gasteiger partial charge on any atom is -0.305 e. The second-order valence-corrected chi connectivity index (χ2v) is 5.45. The summed E-state index contributed by atoms with van der Waals surface area (Å²) in [4.78, 5) is 1.97. The maximum absolute atomic E-state index is 10.9. The first-order chi connectivity index (χ1) is 6.00. The highest BCUT2D eigenvalue weighted by Crippen LogP contribution is 2.15. The van der Waals surface area contributed by atoms with E-state index in [4.69, 9.17) is 4.55 Å². The summed E-state index contributed by atoms with van der Waals surface area (Å²) in [6, 6.07) is 0. The van der Waals surface area contributed by atoms with Crippen molar-refractivity contribution in [2.75, 3.05) is 20.1 Å². The Balaban J connectivity index is 2.61. The molecule has 1 N–H and O–H groups in total. The molecule has 0 radical (unpaired) electrons. The zero-order valence-corrected chi connectivity index (χ0v) is 8.76. The highest BCUT2D eigenvalue weighted by Gasteiger charge is 2.25. The van der Waals surface area contributed by atoms with Crippen molar-refractivity contribution >= 4 is 10.1 Å². The van der Waals surface area contributed by atoms with Crippen LogP contribution in [-0.2, 0) is 10.1 Å². The lowest BCUT2D eigenvalue weighted by atomic mass is 10.1. The molecule has 13 heavy (non-hydrogen) atoms. The molecule has 0 aromatic carbocycles. The van der Waals surface area contributed by atoms with Crippen molar-refractivity contribution in [3.05, 3.63) is 0 Å². The lowest BCUT2D eigenvalue weighted by molar-refractivity contribution is 0.291. The van der Waals surface area contributed by atoms with Gasteiger partial charge in [0.2, 0.25) is 0 Å². The van der Waals surface area contributed by atoms with Crippen molar-refractivity contribution in [2.24, 2.45) is 0 Å². The molecule has 0 saturated carbocycles. The van der Waals surface area contributed by atoms with E-state index in [0.29, 0.717) is 13.0 Å². The largest absolute Gasteiger partial charge is 0.305 e. The summed E-state index contributed by atoms with van der Waals surface area (Å²) in [5.41, 5.74) is 0. The molecule has 0 bridgehead atoms. The van der Waals surface area contributed by atoms with E-state index in [1.807, 2.05) is 11.9 Å². The zero-order chi connectivity index (χ0) is 9.90. The predicted molar refractivity (Wildman–Crippen MR) is 51.3 cm³/mol. The van der Waals surface area contributed by atoms with Crippen molar-refractivity contribution in [3.8, 4) is 0 Å². The van der Waals surface area contributed by atoms with E-state index in [0.717, 1.165) is 25.8 Å². The van der Waals surface area contributed by atoms with Crippen LogP contribution >= 0.6 is 0 Å². The second kappa shape index (κ2) is 4.39. The molecule has 0 spiro atoms. The molecule has 0 aromatic heterocycles. The Morgan fingerprint density at radius 3 is 2.62 bits per heavy atom. The van der Waals surface area contributed by atoms with E-state index in [1.54, 1.807) is 0 Å². The summed E-state index contributed by atoms with van der Waals surface area (Å²) in [6.07, 6.45) is 3.66. The summed E-state index contributed by atoms with van der Waals surface area (Å²) >= 11 is 0. The van der Waals surface area contributed by atoms with Crippen molar-refractivity contribution in [1.82, 2.24) is 4.90 Å². The molecule has 0 amide bonds. The molecule has 78 valence electrons. The molecule has 1 aliphatic rings. The maximum atomic E-state index is 10.9. The lowest BCUT2D eigenvalue weighted by Crippen LogP contribution is -2.36. The first-order valence-corrected chi connectivity index (χ1v) is 6.15. The van der Waals surface area contributed by atoms with Crippen LogP contribution in [0.2, 0.25) is 0 Å². The standard InChI is InChI=1S/C8H17NO3S/c1-9-6-4-2-3-5-8(7-9)13(10,11)12/h8H,2-7H2,1H3,(H,10,11,12). The van der Waals surface area contributed by atoms with Crippen molar-refractivity contribution in [1.29, 1.82) is 0 Å². The van der Waals surface area contributed by atoms with E-state index in [2.05, 4.69) is 0 Å². The molecular weight excluding hydrogens is 190 g/mol. The normalized spacial score (nSPS) is 28.0. The van der Waals surface area contributed by atoms with Gasteiger partial charge in [0.05, 0.1) is 5.25 Å². The lowest BCUT2D eigenvalue weighted by Gasteiger charge is -2.24. The molecule has 1 atom stereocenters. The summed E-state index contributed by atoms with van der Waals surface area (Å²) in [5.74, 6) is 0. The average molecular weight is 207 g/mol. The molecule has 1 fully saturated rings. The van der Waals surface area contributed by atoms with Crippen molar-refractivity contribution in [3.63, 3.8) is 0 Å². The number of likely N-dealkylation sites (tertiary alicyclic amines) is 1. The molecule has 0 aliphatic carbocycles. The van der Waals surface area contributed by atoms with Crippen LogP contribution in [0.5, 0.6) is 0 Å². The van der Waals surface area contributed by atoms with E-state index in [9.17, 15) is 8.42 Å². The van der Waals surface area contributed by atoms with Crippen molar-refractivity contribution in [2.45, 2.75) is 30.9 Å². The zero-order valence-electron chi connectivity index (χ0n) is 7.94. The first kappa shape index (κ1) is 10.9. The van der Waals surface area contributed by atoms with Crippen LogP contribution in [-0.4, -0.2) is 43.3 Å². The van der Waals surface area contributed by atoms with Gasteiger partial charge in [0, 0.05) is 6.54 Å². The number of nitrogens with zero attached hydrogens (tertiary/aromatic N) is 1. The smallest absolute Gasteiger partial charge is 0.269 e. The topological polar surface area (TPSA) is 57.6 Å². The van der Waals surface area contributed by atoms with E-state index < -0.39 is 15.4 Å². The fraction of sp³-hybridized carbons (Fsp3) is 1.00. The molecule has 1 heterocycles. The summed E-state index contributed by atoms with van der Waals surface area (Å²) in [7, 11) is -1.95. The third kappa shape index (κ3) is 3.62. The van der Waals surface area contributed by atoms with Crippen LogP contribution in [0.3, 0.4) is 0 Å². The molecular formula is C8H17NO3S. The average Bonchev–Trinajstić information content (AvgIpc) is 1.94. The van der Waals surface area contributed by atoms with Gasteiger partial charge in [0.1, 0.15) is 0 Å². The number of hydrogen-bond acceptors (Lipinski definition) is 3. The number of rotatable bonds is 1. The Bertz CT molecular complexity index is 250. The Labute approximate surface area is 79.7 Å². The van der Waals surface area contributed by atoms with Gasteiger partial charge in [-0.2, -0.15) is 8.42 Å². The predicted octanol–water partition coefficient (Wildman–Crippen LogP) is 0.749. The molecule has 1 aliphatic heterocycles. The monoisotopic (exact) mass is 207 g/mol. The van der Waals surface area contributed by atoms with Crippen LogP contribution in [0.1, 0.15) is 25.7 Å². The van der Waals surface area contributed by atoms with Crippen LogP contribution in [0.15, 0.2) is 0 Å². The van der Waals surface area contributed by atoms with E-state index in [-0.39, 0.29) is 0 Å². The quantitative estimate of drug-likeness (QED) is 0.645. The SMILES string of the molecule is CN1CCCCCC(S(=O)(=O)O)C1. The summed E-state index contributed by atoms with van der Waals surface area (Å²) in [6.45, 7) is 1.38. The second-order valence-electron chi connectivity index (χ2n) is 3.75. The van der Waals surface area contributed by atoms with Gasteiger partial charge in [-0.05, 0) is 26.4 Å². The molecule has 1 unspecified atom stereocenters. The highest BCUT2D eigenvalue weighted by molar-refractivity contribution is 7.86. The molecule has 0 aromatic rings. The molecule has 4 nitrogen and oxygen atoms in total. The van der Waals surface area contributed by atoms with Gasteiger partial charge in [-0.3, -0.25) is 4.55 Å². The van der Waals surface area contributed by atoms with Gasteiger partial charge in [0.15, 0.2) is 0 Å². The summed E-state index contributed by atoms with van der Waals surface area (Å²) < 4.78 is 30.8. The van der Waals surface area contributed by atoms with Crippen LogP contribution in [0, 0.1) is 0 Å². The van der Waals surface area contributed by atoms with Gasteiger partial charge in [-0.25, -0.2) is 0 Å². The fourth-order valence-electron chi connectivity index (χ4n) is 1.70. The van der Waals surface area contributed by atoms with E-state index >= 15 is 0 Å². The van der Waals surface area contributed by atoms with Crippen LogP contribution in [0.4, 0.5) is 0 Å². The van der Waals surface area contributed by atoms with Gasteiger partial charge in [-0.1, -0.05) is 12.8 Å². The number of hydrogen-bond donors (Lipinski definition) is 1. The van der Waals surface area contributed by atoms with E-state index in [1.165, 1.54) is 0 Å². The van der Waals surface area contributed by atoms with Gasteiger partial charge in [-0.15, -0.1) is 0 Å². The molecule has 5 heteroatoms. The fourth-order valence-corrected chi connectivity index (χ4v) is 2.61. The minimum atomic E-state index is -3.84.